The zero-order valence-electron chi connectivity index (χ0n) is 14.0. The first-order chi connectivity index (χ1) is 11.6. The Hall–Kier alpha value is -1.49. The third-order valence-electron chi connectivity index (χ3n) is 5.24. The molecule has 0 bridgehead atoms. The van der Waals surface area contributed by atoms with Gasteiger partial charge in [-0.15, -0.1) is 12.6 Å². The third kappa shape index (κ3) is 4.12. The number of nitrogens with one attached hydrogen (secondary N) is 1. The number of hydrogen-bond acceptors (Lipinski definition) is 3. The first-order valence-electron chi connectivity index (χ1n) is 9.03. The number of carbonyl (C=O) groups is 2. The second-order valence-electron chi connectivity index (χ2n) is 6.93. The number of piperidine rings is 1. The van der Waals surface area contributed by atoms with Crippen LogP contribution in [0.15, 0.2) is 29.2 Å². The largest absolute Gasteiger partial charge is 0.349 e. The molecule has 0 atom stereocenters. The van der Waals surface area contributed by atoms with Crippen LogP contribution in [0.2, 0.25) is 0 Å². The fourth-order valence-electron chi connectivity index (χ4n) is 3.78. The Morgan fingerprint density at radius 2 is 1.67 bits per heavy atom. The lowest BCUT2D eigenvalue weighted by Crippen LogP contribution is -2.48. The van der Waals surface area contributed by atoms with Crippen molar-refractivity contribution in [3.05, 3.63) is 29.8 Å². The van der Waals surface area contributed by atoms with Gasteiger partial charge in [-0.05, 0) is 37.8 Å². The quantitative estimate of drug-likeness (QED) is 0.825. The van der Waals surface area contributed by atoms with Gasteiger partial charge in [0.2, 0.25) is 5.91 Å². The Bertz CT molecular complexity index is 591. The standard InChI is InChI=1S/C19H26N2O2S/c22-18(16-8-4-5-9-17(16)24)20-15-10-12-21(13-11-15)19(23)14-6-2-1-3-7-14/h4-5,8-9,14-15,24H,1-3,6-7,10-13H2,(H,20,22). The summed E-state index contributed by atoms with van der Waals surface area (Å²) in [5.74, 6) is 0.499. The lowest BCUT2D eigenvalue weighted by Gasteiger charge is -2.35. The van der Waals surface area contributed by atoms with Crippen molar-refractivity contribution >= 4 is 24.4 Å². The highest BCUT2D eigenvalue weighted by Gasteiger charge is 2.29. The Morgan fingerprint density at radius 3 is 2.33 bits per heavy atom. The van der Waals surface area contributed by atoms with Gasteiger partial charge >= 0.3 is 0 Å². The molecule has 2 fully saturated rings. The molecule has 5 heteroatoms. The summed E-state index contributed by atoms with van der Waals surface area (Å²) < 4.78 is 0. The summed E-state index contributed by atoms with van der Waals surface area (Å²) >= 11 is 4.34. The van der Waals surface area contributed by atoms with Crippen LogP contribution in [0.3, 0.4) is 0 Å². The van der Waals surface area contributed by atoms with Crippen LogP contribution in [0, 0.1) is 5.92 Å². The summed E-state index contributed by atoms with van der Waals surface area (Å²) in [7, 11) is 0. The fraction of sp³-hybridized carbons (Fsp3) is 0.579. The maximum atomic E-state index is 12.6. The molecule has 2 amide bonds. The molecule has 1 aliphatic carbocycles. The normalized spacial score (nSPS) is 20.0. The maximum absolute atomic E-state index is 12.6. The van der Waals surface area contributed by atoms with E-state index in [9.17, 15) is 9.59 Å². The number of thiol groups is 1. The second-order valence-corrected chi connectivity index (χ2v) is 7.41. The van der Waals surface area contributed by atoms with E-state index >= 15 is 0 Å². The molecule has 24 heavy (non-hydrogen) atoms. The van der Waals surface area contributed by atoms with E-state index in [0.717, 1.165) is 38.8 Å². The van der Waals surface area contributed by atoms with E-state index in [1.165, 1.54) is 19.3 Å². The van der Waals surface area contributed by atoms with E-state index in [4.69, 9.17) is 0 Å². The molecule has 2 aliphatic rings. The highest BCUT2D eigenvalue weighted by molar-refractivity contribution is 7.80. The minimum absolute atomic E-state index is 0.0716. The van der Waals surface area contributed by atoms with E-state index in [2.05, 4.69) is 17.9 Å². The van der Waals surface area contributed by atoms with Gasteiger partial charge in [0.05, 0.1) is 5.56 Å². The summed E-state index contributed by atoms with van der Waals surface area (Å²) in [6, 6.07) is 7.47. The number of rotatable bonds is 3. The predicted molar refractivity (Wildman–Crippen MR) is 97.3 cm³/mol. The van der Waals surface area contributed by atoms with Crippen molar-refractivity contribution in [2.75, 3.05) is 13.1 Å². The predicted octanol–water partition coefficient (Wildman–Crippen LogP) is 3.28. The van der Waals surface area contributed by atoms with Crippen LogP contribution in [0.4, 0.5) is 0 Å². The zero-order valence-corrected chi connectivity index (χ0v) is 14.9. The van der Waals surface area contributed by atoms with Crippen molar-refractivity contribution < 1.29 is 9.59 Å². The van der Waals surface area contributed by atoms with Crippen LogP contribution < -0.4 is 5.32 Å². The molecule has 1 saturated heterocycles. The van der Waals surface area contributed by atoms with E-state index in [1.54, 1.807) is 6.07 Å². The Labute approximate surface area is 149 Å². The Morgan fingerprint density at radius 1 is 1.00 bits per heavy atom. The number of likely N-dealkylation sites (tertiary alicyclic amines) is 1. The van der Waals surface area contributed by atoms with Gasteiger partial charge in [0.25, 0.3) is 5.91 Å². The van der Waals surface area contributed by atoms with Crippen molar-refractivity contribution in [1.29, 1.82) is 0 Å². The summed E-state index contributed by atoms with van der Waals surface area (Å²) in [4.78, 5) is 27.6. The lowest BCUT2D eigenvalue weighted by molar-refractivity contribution is -0.137. The number of amides is 2. The number of nitrogens with zero attached hydrogens (tertiary/aromatic N) is 1. The topological polar surface area (TPSA) is 49.4 Å². The van der Waals surface area contributed by atoms with Gasteiger partial charge in [0.1, 0.15) is 0 Å². The minimum Gasteiger partial charge on any atom is -0.349 e. The molecule has 0 unspecified atom stereocenters. The molecular formula is C19H26N2O2S. The summed E-state index contributed by atoms with van der Waals surface area (Å²) in [6.07, 6.45) is 7.41. The van der Waals surface area contributed by atoms with E-state index in [0.29, 0.717) is 16.4 Å². The van der Waals surface area contributed by atoms with Crippen molar-refractivity contribution in [3.63, 3.8) is 0 Å². The average molecular weight is 346 g/mol. The van der Waals surface area contributed by atoms with Gasteiger partial charge < -0.3 is 10.2 Å². The maximum Gasteiger partial charge on any atom is 0.252 e. The first kappa shape index (κ1) is 17.3. The first-order valence-corrected chi connectivity index (χ1v) is 9.47. The molecule has 1 aromatic carbocycles. The van der Waals surface area contributed by atoms with Crippen LogP contribution in [-0.2, 0) is 4.79 Å². The molecule has 0 aromatic heterocycles. The van der Waals surface area contributed by atoms with Gasteiger partial charge in [0, 0.05) is 29.9 Å². The number of hydrogen-bond donors (Lipinski definition) is 2. The molecule has 1 saturated carbocycles. The van der Waals surface area contributed by atoms with Crippen molar-refractivity contribution in [3.8, 4) is 0 Å². The SMILES string of the molecule is O=C(NC1CCN(C(=O)C2CCCCC2)CC1)c1ccccc1S. The molecule has 0 spiro atoms. The van der Waals surface area contributed by atoms with Crippen LogP contribution in [-0.4, -0.2) is 35.8 Å². The third-order valence-corrected chi connectivity index (χ3v) is 5.63. The number of benzene rings is 1. The van der Waals surface area contributed by atoms with Gasteiger partial charge in [-0.2, -0.15) is 0 Å². The van der Waals surface area contributed by atoms with Gasteiger partial charge in [-0.25, -0.2) is 0 Å². The van der Waals surface area contributed by atoms with Gasteiger partial charge in [-0.1, -0.05) is 31.4 Å². The average Bonchev–Trinajstić information content (AvgIpc) is 2.63. The second kappa shape index (κ2) is 8.06. The molecule has 1 aromatic rings. The summed E-state index contributed by atoms with van der Waals surface area (Å²) in [6.45, 7) is 1.51. The molecule has 3 rings (SSSR count). The zero-order chi connectivity index (χ0) is 16.9. The molecule has 130 valence electrons. The number of carbonyl (C=O) groups excluding carboxylic acids is 2. The molecule has 0 radical (unpaired) electrons. The Balaban J connectivity index is 1.49. The highest BCUT2D eigenvalue weighted by Crippen LogP contribution is 2.26. The lowest BCUT2D eigenvalue weighted by atomic mass is 9.87. The molecule has 1 aliphatic heterocycles. The smallest absolute Gasteiger partial charge is 0.252 e. The van der Waals surface area contributed by atoms with Crippen LogP contribution in [0.25, 0.3) is 0 Å². The van der Waals surface area contributed by atoms with Crippen LogP contribution >= 0.6 is 12.6 Å². The molecule has 1 N–H and O–H groups in total. The summed E-state index contributed by atoms with van der Waals surface area (Å²) in [5, 5.41) is 3.09. The van der Waals surface area contributed by atoms with Crippen LogP contribution in [0.5, 0.6) is 0 Å². The minimum atomic E-state index is -0.0716. The highest BCUT2D eigenvalue weighted by atomic mass is 32.1. The van der Waals surface area contributed by atoms with Crippen molar-refractivity contribution in [2.24, 2.45) is 5.92 Å². The molecule has 1 heterocycles. The van der Waals surface area contributed by atoms with Crippen LogP contribution in [0.1, 0.15) is 55.3 Å². The summed E-state index contributed by atoms with van der Waals surface area (Å²) in [5.41, 5.74) is 0.613. The molecule has 4 nitrogen and oxygen atoms in total. The van der Waals surface area contributed by atoms with Crippen molar-refractivity contribution in [2.45, 2.75) is 55.9 Å². The fourth-order valence-corrected chi connectivity index (χ4v) is 4.04. The molecular weight excluding hydrogens is 320 g/mol. The van der Waals surface area contributed by atoms with E-state index < -0.39 is 0 Å². The van der Waals surface area contributed by atoms with Gasteiger partial charge in [-0.3, -0.25) is 9.59 Å². The Kier molecular flexibility index (Phi) is 5.82. The van der Waals surface area contributed by atoms with Crippen molar-refractivity contribution in [1.82, 2.24) is 10.2 Å². The van der Waals surface area contributed by atoms with Gasteiger partial charge in [0.15, 0.2) is 0 Å². The van der Waals surface area contributed by atoms with E-state index in [1.807, 2.05) is 23.1 Å². The monoisotopic (exact) mass is 346 g/mol. The van der Waals surface area contributed by atoms with E-state index in [-0.39, 0.29) is 17.9 Å².